The molecule has 0 aromatic carbocycles. The first kappa shape index (κ1) is 15.3. The third-order valence-electron chi connectivity index (χ3n) is 1.64. The van der Waals surface area contributed by atoms with Gasteiger partial charge in [0.1, 0.15) is 6.10 Å². The summed E-state index contributed by atoms with van der Waals surface area (Å²) < 4.78 is -1.82. The molecule has 0 fully saturated rings. The molecule has 0 aromatic heterocycles. The third kappa shape index (κ3) is 8.11. The van der Waals surface area contributed by atoms with Crippen LogP contribution in [0, 0.1) is 0 Å². The van der Waals surface area contributed by atoms with E-state index in [1.54, 1.807) is 0 Å². The molecular formula is C8H15Cl3N2O2. The van der Waals surface area contributed by atoms with Crippen molar-refractivity contribution in [3.8, 4) is 0 Å². The molecule has 2 N–H and O–H groups in total. The normalized spacial score (nSPS) is 14.1. The van der Waals surface area contributed by atoms with Crippen molar-refractivity contribution in [3.63, 3.8) is 0 Å². The molecule has 0 spiro atoms. The lowest BCUT2D eigenvalue weighted by Gasteiger charge is -2.18. The molecule has 0 aromatic rings. The Bertz CT molecular complexity index is 207. The summed E-state index contributed by atoms with van der Waals surface area (Å²) in [5.41, 5.74) is 0. The zero-order valence-electron chi connectivity index (χ0n) is 8.64. The van der Waals surface area contributed by atoms with Gasteiger partial charge >= 0.3 is 0 Å². The van der Waals surface area contributed by atoms with Crippen molar-refractivity contribution < 1.29 is 9.90 Å². The second-order valence-corrected chi connectivity index (χ2v) is 5.78. The van der Waals surface area contributed by atoms with Crippen molar-refractivity contribution in [3.05, 3.63) is 0 Å². The van der Waals surface area contributed by atoms with Crippen LogP contribution in [0.25, 0.3) is 0 Å². The maximum Gasteiger partial charge on any atom is 0.222 e. The van der Waals surface area contributed by atoms with Gasteiger partial charge in [-0.05, 0) is 14.1 Å². The second-order valence-electron chi connectivity index (χ2n) is 3.41. The quantitative estimate of drug-likeness (QED) is 0.731. The molecule has 0 heterocycles. The summed E-state index contributed by atoms with van der Waals surface area (Å²) in [6, 6.07) is 0. The average molecular weight is 278 g/mol. The first-order chi connectivity index (χ1) is 6.73. The topological polar surface area (TPSA) is 52.6 Å². The van der Waals surface area contributed by atoms with Gasteiger partial charge in [0, 0.05) is 13.1 Å². The van der Waals surface area contributed by atoms with Gasteiger partial charge in [-0.2, -0.15) is 0 Å². The maximum absolute atomic E-state index is 11.2. The fraction of sp³-hybridized carbons (Fsp3) is 0.875. The van der Waals surface area contributed by atoms with Gasteiger partial charge in [0.15, 0.2) is 0 Å². The predicted molar refractivity (Wildman–Crippen MR) is 62.5 cm³/mol. The van der Waals surface area contributed by atoms with Crippen LogP contribution in [0.4, 0.5) is 0 Å². The summed E-state index contributed by atoms with van der Waals surface area (Å²) in [7, 11) is 3.78. The van der Waals surface area contributed by atoms with Gasteiger partial charge in [0.05, 0.1) is 6.42 Å². The number of likely N-dealkylation sites (N-methyl/N-ethyl adjacent to an activating group) is 1. The number of rotatable bonds is 5. The SMILES string of the molecule is CN(C)CCNC(=O)CC(O)C(Cl)(Cl)Cl. The lowest BCUT2D eigenvalue weighted by Crippen LogP contribution is -2.36. The number of aliphatic hydroxyl groups is 1. The van der Waals surface area contributed by atoms with Crippen molar-refractivity contribution in [2.24, 2.45) is 0 Å². The van der Waals surface area contributed by atoms with Gasteiger partial charge < -0.3 is 15.3 Å². The van der Waals surface area contributed by atoms with Crippen LogP contribution in [-0.2, 0) is 4.79 Å². The average Bonchev–Trinajstić information content (AvgIpc) is 2.01. The first-order valence-corrected chi connectivity index (χ1v) is 5.53. The molecule has 0 saturated carbocycles. The number of aliphatic hydroxyl groups excluding tert-OH is 1. The number of nitrogens with zero attached hydrogens (tertiary/aromatic N) is 1. The largest absolute Gasteiger partial charge is 0.388 e. The molecule has 0 aliphatic rings. The zero-order chi connectivity index (χ0) is 12.1. The van der Waals surface area contributed by atoms with Crippen LogP contribution in [0.2, 0.25) is 0 Å². The molecule has 0 bridgehead atoms. The number of hydrogen-bond acceptors (Lipinski definition) is 3. The number of hydrogen-bond donors (Lipinski definition) is 2. The number of carbonyl (C=O) groups excluding carboxylic acids is 1. The second kappa shape index (κ2) is 6.76. The van der Waals surface area contributed by atoms with Gasteiger partial charge in [-0.15, -0.1) is 0 Å². The van der Waals surface area contributed by atoms with Crippen LogP contribution < -0.4 is 5.32 Å². The molecule has 0 radical (unpaired) electrons. The number of carbonyl (C=O) groups is 1. The third-order valence-corrected chi connectivity index (χ3v) is 2.39. The van der Waals surface area contributed by atoms with Crippen LogP contribution in [0.5, 0.6) is 0 Å². The fourth-order valence-corrected chi connectivity index (χ4v) is 1.01. The van der Waals surface area contributed by atoms with Gasteiger partial charge in [-0.25, -0.2) is 0 Å². The minimum atomic E-state index is -1.82. The van der Waals surface area contributed by atoms with Gasteiger partial charge in [-0.3, -0.25) is 4.79 Å². The van der Waals surface area contributed by atoms with Crippen LogP contribution in [0.15, 0.2) is 0 Å². The molecule has 1 amide bonds. The van der Waals surface area contributed by atoms with Gasteiger partial charge in [-0.1, -0.05) is 34.8 Å². The summed E-state index contributed by atoms with van der Waals surface area (Å²) in [6.07, 6.45) is -1.51. The van der Waals surface area contributed by atoms with E-state index in [-0.39, 0.29) is 12.3 Å². The number of halogens is 3. The smallest absolute Gasteiger partial charge is 0.222 e. The van der Waals surface area contributed by atoms with E-state index in [0.717, 1.165) is 6.54 Å². The zero-order valence-corrected chi connectivity index (χ0v) is 10.9. The van der Waals surface area contributed by atoms with E-state index in [4.69, 9.17) is 34.8 Å². The molecule has 0 aliphatic heterocycles. The van der Waals surface area contributed by atoms with Gasteiger partial charge in [0.2, 0.25) is 9.70 Å². The van der Waals surface area contributed by atoms with E-state index < -0.39 is 9.90 Å². The lowest BCUT2D eigenvalue weighted by atomic mass is 10.2. The minimum absolute atomic E-state index is 0.218. The molecule has 4 nitrogen and oxygen atoms in total. The van der Waals surface area contributed by atoms with Crippen molar-refractivity contribution in [2.75, 3.05) is 27.2 Å². The van der Waals surface area contributed by atoms with Crippen LogP contribution in [0.1, 0.15) is 6.42 Å². The van der Waals surface area contributed by atoms with Crippen LogP contribution in [-0.4, -0.2) is 53.0 Å². The molecule has 0 saturated heterocycles. The Morgan fingerprint density at radius 1 is 1.47 bits per heavy atom. The summed E-state index contributed by atoms with van der Waals surface area (Å²) in [5, 5.41) is 11.9. The highest BCUT2D eigenvalue weighted by Gasteiger charge is 2.32. The standard InChI is InChI=1S/C8H15Cl3N2O2/c1-13(2)4-3-12-7(15)5-6(14)8(9,10)11/h6,14H,3-5H2,1-2H3,(H,12,15). The van der Waals surface area contributed by atoms with Crippen molar-refractivity contribution in [1.82, 2.24) is 10.2 Å². The maximum atomic E-state index is 11.2. The Morgan fingerprint density at radius 3 is 2.40 bits per heavy atom. The highest BCUT2D eigenvalue weighted by atomic mass is 35.6. The summed E-state index contributed by atoms with van der Waals surface area (Å²) in [6.45, 7) is 1.22. The van der Waals surface area contributed by atoms with Crippen molar-refractivity contribution >= 4 is 40.7 Å². The van der Waals surface area contributed by atoms with E-state index in [1.807, 2.05) is 19.0 Å². The van der Waals surface area contributed by atoms with Crippen molar-refractivity contribution in [2.45, 2.75) is 16.3 Å². The van der Waals surface area contributed by atoms with Crippen molar-refractivity contribution in [1.29, 1.82) is 0 Å². The summed E-state index contributed by atoms with van der Waals surface area (Å²) >= 11 is 16.2. The summed E-state index contributed by atoms with van der Waals surface area (Å²) in [4.78, 5) is 13.1. The number of alkyl halides is 3. The molecule has 7 heteroatoms. The Balaban J connectivity index is 3.75. The Hall–Kier alpha value is 0.260. The number of nitrogens with one attached hydrogen (secondary N) is 1. The Labute approximate surface area is 104 Å². The molecule has 1 atom stereocenters. The molecular weight excluding hydrogens is 262 g/mol. The van der Waals surface area contributed by atoms with E-state index in [2.05, 4.69) is 5.32 Å². The van der Waals surface area contributed by atoms with E-state index in [1.165, 1.54) is 0 Å². The predicted octanol–water partition coefficient (Wildman–Crippen LogP) is 0.785. The molecule has 90 valence electrons. The molecule has 0 rings (SSSR count). The van der Waals surface area contributed by atoms with Crippen LogP contribution in [0.3, 0.4) is 0 Å². The highest BCUT2D eigenvalue weighted by molar-refractivity contribution is 6.68. The van der Waals surface area contributed by atoms with E-state index in [0.29, 0.717) is 6.54 Å². The van der Waals surface area contributed by atoms with E-state index >= 15 is 0 Å². The fourth-order valence-electron chi connectivity index (χ4n) is 0.782. The van der Waals surface area contributed by atoms with Gasteiger partial charge in [0.25, 0.3) is 0 Å². The Kier molecular flexibility index (Phi) is 6.88. The minimum Gasteiger partial charge on any atom is -0.388 e. The first-order valence-electron chi connectivity index (χ1n) is 4.39. The summed E-state index contributed by atoms with van der Waals surface area (Å²) in [5.74, 6) is -0.337. The number of amides is 1. The Morgan fingerprint density at radius 2 is 2.00 bits per heavy atom. The monoisotopic (exact) mass is 276 g/mol. The van der Waals surface area contributed by atoms with Crippen LogP contribution >= 0.6 is 34.8 Å². The van der Waals surface area contributed by atoms with E-state index in [9.17, 15) is 9.90 Å². The molecule has 0 aliphatic carbocycles. The molecule has 15 heavy (non-hydrogen) atoms. The lowest BCUT2D eigenvalue weighted by molar-refractivity contribution is -0.122. The molecule has 1 unspecified atom stereocenters. The highest BCUT2D eigenvalue weighted by Crippen LogP contribution is 2.31.